The van der Waals surface area contributed by atoms with Crippen molar-refractivity contribution in [3.8, 4) is 5.75 Å². The summed E-state index contributed by atoms with van der Waals surface area (Å²) >= 11 is 0. The first kappa shape index (κ1) is 30.3. The molecular weight excluding hydrogens is 492 g/mol. The number of aromatic nitrogens is 2. The van der Waals surface area contributed by atoms with Crippen molar-refractivity contribution in [1.29, 1.82) is 0 Å². The number of phenols is 1. The van der Waals surface area contributed by atoms with Gasteiger partial charge in [-0.25, -0.2) is 9.78 Å². The Morgan fingerprint density at radius 1 is 0.947 bits per heavy atom. The Morgan fingerprint density at radius 2 is 1.55 bits per heavy atom. The van der Waals surface area contributed by atoms with E-state index in [-0.39, 0.29) is 30.4 Å². The summed E-state index contributed by atoms with van der Waals surface area (Å²) in [5, 5.41) is 27.0. The zero-order chi connectivity index (χ0) is 28.4. The van der Waals surface area contributed by atoms with E-state index in [4.69, 9.17) is 5.73 Å². The van der Waals surface area contributed by atoms with E-state index >= 15 is 0 Å². The maximum absolute atomic E-state index is 13.2. The number of H-pyrrole nitrogens is 1. The summed E-state index contributed by atoms with van der Waals surface area (Å²) in [4.78, 5) is 57.8. The van der Waals surface area contributed by atoms with Crippen LogP contribution in [0, 0.1) is 11.8 Å². The number of nitrogens with two attached hydrogens (primary N) is 1. The van der Waals surface area contributed by atoms with Gasteiger partial charge in [0.25, 0.3) is 0 Å². The minimum absolute atomic E-state index is 0.0125. The van der Waals surface area contributed by atoms with Gasteiger partial charge in [-0.1, -0.05) is 46.2 Å². The SMILES string of the molecule is CCC(C)C(NC(=O)C(NC(=O)C(N)Cc1cnc[nH]1)C(C)C)C(=O)NC(Cc1ccc(O)cc1)C(=O)O. The second-order valence-corrected chi connectivity index (χ2v) is 9.76. The fraction of sp³-hybridized carbons (Fsp3) is 0.500. The summed E-state index contributed by atoms with van der Waals surface area (Å²) in [6, 6.07) is 1.81. The molecule has 0 saturated heterocycles. The molecule has 8 N–H and O–H groups in total. The van der Waals surface area contributed by atoms with Crippen LogP contribution in [0.15, 0.2) is 36.8 Å². The highest BCUT2D eigenvalue weighted by Crippen LogP contribution is 2.14. The number of rotatable bonds is 14. The van der Waals surface area contributed by atoms with E-state index in [0.29, 0.717) is 17.7 Å². The summed E-state index contributed by atoms with van der Waals surface area (Å²) in [5.41, 5.74) is 7.28. The van der Waals surface area contributed by atoms with Crippen molar-refractivity contribution in [1.82, 2.24) is 25.9 Å². The number of nitrogens with one attached hydrogen (secondary N) is 4. The molecule has 38 heavy (non-hydrogen) atoms. The van der Waals surface area contributed by atoms with Gasteiger partial charge in [-0.2, -0.15) is 0 Å². The fourth-order valence-electron chi connectivity index (χ4n) is 3.80. The number of aromatic hydroxyl groups is 1. The highest BCUT2D eigenvalue weighted by atomic mass is 16.4. The van der Waals surface area contributed by atoms with Crippen LogP contribution < -0.4 is 21.7 Å². The van der Waals surface area contributed by atoms with Gasteiger partial charge in [0.15, 0.2) is 0 Å². The first-order valence-electron chi connectivity index (χ1n) is 12.6. The van der Waals surface area contributed by atoms with Crippen LogP contribution in [0.2, 0.25) is 0 Å². The number of carbonyl (C=O) groups excluding carboxylic acids is 3. The molecule has 0 saturated carbocycles. The van der Waals surface area contributed by atoms with Gasteiger partial charge in [0.1, 0.15) is 23.9 Å². The number of carboxylic acid groups (broad SMARTS) is 1. The van der Waals surface area contributed by atoms with Crippen LogP contribution in [-0.4, -0.2) is 68.0 Å². The van der Waals surface area contributed by atoms with Crippen molar-refractivity contribution in [3.63, 3.8) is 0 Å². The lowest BCUT2D eigenvalue weighted by Crippen LogP contribution is -2.60. The molecule has 2 aromatic rings. The average molecular weight is 531 g/mol. The Kier molecular flexibility index (Phi) is 11.3. The number of imidazole rings is 1. The molecule has 5 atom stereocenters. The number of amides is 3. The second kappa shape index (κ2) is 14.1. The van der Waals surface area contributed by atoms with Crippen LogP contribution >= 0.6 is 0 Å². The van der Waals surface area contributed by atoms with E-state index < -0.39 is 47.9 Å². The molecule has 0 spiro atoms. The lowest BCUT2D eigenvalue weighted by atomic mass is 9.95. The molecule has 0 aliphatic carbocycles. The maximum Gasteiger partial charge on any atom is 0.326 e. The number of carbonyl (C=O) groups is 4. The van der Waals surface area contributed by atoms with Crippen LogP contribution in [0.4, 0.5) is 0 Å². The first-order chi connectivity index (χ1) is 17.9. The third-order valence-electron chi connectivity index (χ3n) is 6.36. The van der Waals surface area contributed by atoms with E-state index in [1.54, 1.807) is 39.1 Å². The Bertz CT molecular complexity index is 1070. The van der Waals surface area contributed by atoms with Crippen LogP contribution in [-0.2, 0) is 32.0 Å². The summed E-state index contributed by atoms with van der Waals surface area (Å²) < 4.78 is 0. The van der Waals surface area contributed by atoms with Crippen molar-refractivity contribution in [2.75, 3.05) is 0 Å². The van der Waals surface area contributed by atoms with Gasteiger partial charge in [-0.05, 0) is 29.5 Å². The third-order valence-corrected chi connectivity index (χ3v) is 6.36. The molecule has 0 bridgehead atoms. The number of hydrogen-bond acceptors (Lipinski definition) is 7. The standard InChI is InChI=1S/C26H38N6O6/c1-5-15(4)22(25(36)30-20(26(37)38)10-16-6-8-18(33)9-7-16)32-24(35)21(14(2)3)31-23(34)19(27)11-17-12-28-13-29-17/h6-9,12-15,19-22,33H,5,10-11,27H2,1-4H3,(H,28,29)(H,30,36)(H,31,34)(H,32,35)(H,37,38). The molecule has 0 fully saturated rings. The van der Waals surface area contributed by atoms with Gasteiger partial charge >= 0.3 is 5.97 Å². The summed E-state index contributed by atoms with van der Waals surface area (Å²) in [6.45, 7) is 7.12. The van der Waals surface area contributed by atoms with Gasteiger partial charge < -0.3 is 36.9 Å². The number of benzene rings is 1. The van der Waals surface area contributed by atoms with Gasteiger partial charge in [-0.15, -0.1) is 0 Å². The van der Waals surface area contributed by atoms with Crippen molar-refractivity contribution in [2.24, 2.45) is 17.6 Å². The normalized spacial score (nSPS) is 15.1. The Hall–Kier alpha value is -3.93. The van der Waals surface area contributed by atoms with Gasteiger partial charge in [0.05, 0.1) is 12.4 Å². The number of hydrogen-bond donors (Lipinski definition) is 7. The number of aliphatic carboxylic acids is 1. The summed E-state index contributed by atoms with van der Waals surface area (Å²) in [6.07, 6.45) is 3.75. The molecule has 1 heterocycles. The molecule has 0 aliphatic rings. The van der Waals surface area contributed by atoms with Crippen molar-refractivity contribution < 1.29 is 29.4 Å². The van der Waals surface area contributed by atoms with E-state index in [0.717, 1.165) is 0 Å². The fourth-order valence-corrected chi connectivity index (χ4v) is 3.80. The molecular formula is C26H38N6O6. The van der Waals surface area contributed by atoms with Crippen LogP contribution in [0.3, 0.4) is 0 Å². The summed E-state index contributed by atoms with van der Waals surface area (Å²) in [5.74, 6) is -3.60. The monoisotopic (exact) mass is 530 g/mol. The zero-order valence-electron chi connectivity index (χ0n) is 22.1. The van der Waals surface area contributed by atoms with Gasteiger partial charge in [0.2, 0.25) is 17.7 Å². The minimum Gasteiger partial charge on any atom is -0.508 e. The first-order valence-corrected chi connectivity index (χ1v) is 12.6. The molecule has 0 radical (unpaired) electrons. The molecule has 2 rings (SSSR count). The number of phenolic OH excluding ortho intramolecular Hbond substituents is 1. The predicted octanol–water partition coefficient (Wildman–Crippen LogP) is 0.469. The smallest absolute Gasteiger partial charge is 0.326 e. The van der Waals surface area contributed by atoms with Crippen molar-refractivity contribution in [2.45, 2.75) is 71.1 Å². The lowest BCUT2D eigenvalue weighted by molar-refractivity contribution is -0.142. The van der Waals surface area contributed by atoms with Crippen LogP contribution in [0.1, 0.15) is 45.4 Å². The highest BCUT2D eigenvalue weighted by molar-refractivity contribution is 5.94. The van der Waals surface area contributed by atoms with Gasteiger partial charge in [-0.3, -0.25) is 14.4 Å². The molecule has 5 unspecified atom stereocenters. The van der Waals surface area contributed by atoms with Crippen molar-refractivity contribution >= 4 is 23.7 Å². The molecule has 12 heteroatoms. The largest absolute Gasteiger partial charge is 0.508 e. The van der Waals surface area contributed by atoms with Gasteiger partial charge in [0, 0.05) is 24.7 Å². The topological polar surface area (TPSA) is 200 Å². The number of aromatic amines is 1. The maximum atomic E-state index is 13.2. The van der Waals surface area contributed by atoms with E-state index in [1.165, 1.54) is 18.5 Å². The lowest BCUT2D eigenvalue weighted by Gasteiger charge is -2.29. The van der Waals surface area contributed by atoms with E-state index in [2.05, 4.69) is 25.9 Å². The highest BCUT2D eigenvalue weighted by Gasteiger charge is 2.34. The number of nitrogens with zero attached hydrogens (tertiary/aromatic N) is 1. The molecule has 3 amide bonds. The van der Waals surface area contributed by atoms with Crippen LogP contribution in [0.25, 0.3) is 0 Å². The Labute approximate surface area is 221 Å². The Morgan fingerprint density at radius 3 is 2.08 bits per heavy atom. The number of carboxylic acids is 1. The molecule has 12 nitrogen and oxygen atoms in total. The quantitative estimate of drug-likeness (QED) is 0.183. The molecule has 1 aromatic carbocycles. The second-order valence-electron chi connectivity index (χ2n) is 9.76. The third kappa shape index (κ3) is 8.87. The zero-order valence-corrected chi connectivity index (χ0v) is 22.1. The Balaban J connectivity index is 2.11. The minimum atomic E-state index is -1.25. The van der Waals surface area contributed by atoms with E-state index in [9.17, 15) is 29.4 Å². The van der Waals surface area contributed by atoms with Crippen LogP contribution in [0.5, 0.6) is 5.75 Å². The molecule has 1 aromatic heterocycles. The van der Waals surface area contributed by atoms with Crippen molar-refractivity contribution in [3.05, 3.63) is 48.0 Å². The average Bonchev–Trinajstić information content (AvgIpc) is 3.38. The molecule has 208 valence electrons. The van der Waals surface area contributed by atoms with E-state index in [1.807, 2.05) is 6.92 Å². The molecule has 0 aliphatic heterocycles. The summed E-state index contributed by atoms with van der Waals surface area (Å²) in [7, 11) is 0. The predicted molar refractivity (Wildman–Crippen MR) is 140 cm³/mol.